The van der Waals surface area contributed by atoms with Crippen molar-refractivity contribution < 1.29 is 9.59 Å². The Morgan fingerprint density at radius 2 is 1.77 bits per heavy atom. The number of nitrogens with one attached hydrogen (secondary N) is 2. The molecule has 1 aromatic heterocycles. The number of hydrogen-bond acceptors (Lipinski definition) is 3. The molecule has 0 atom stereocenters. The molecule has 1 aromatic carbocycles. The van der Waals surface area contributed by atoms with Crippen LogP contribution in [0.4, 0.5) is 5.69 Å². The summed E-state index contributed by atoms with van der Waals surface area (Å²) in [6.45, 7) is -0.0420. The van der Waals surface area contributed by atoms with Crippen molar-refractivity contribution in [1.82, 2.24) is 9.88 Å². The lowest BCUT2D eigenvalue weighted by Crippen LogP contribution is -2.26. The number of anilines is 1. The van der Waals surface area contributed by atoms with Gasteiger partial charge in [0.25, 0.3) is 5.56 Å². The maximum Gasteiger partial charge on any atom is 0.250 e. The molecular formula is C16H17N3O3. The predicted molar refractivity (Wildman–Crippen MR) is 83.5 cm³/mol. The van der Waals surface area contributed by atoms with E-state index in [1.165, 1.54) is 10.6 Å². The molecular weight excluding hydrogens is 282 g/mol. The third-order valence-electron chi connectivity index (χ3n) is 3.09. The van der Waals surface area contributed by atoms with Crippen LogP contribution in [-0.2, 0) is 22.6 Å². The number of amides is 2. The third-order valence-corrected chi connectivity index (χ3v) is 3.09. The molecule has 0 aliphatic heterocycles. The summed E-state index contributed by atoms with van der Waals surface area (Å²) in [6, 6.07) is 11.7. The topological polar surface area (TPSA) is 80.2 Å². The summed E-state index contributed by atoms with van der Waals surface area (Å²) in [4.78, 5) is 34.7. The Balaban J connectivity index is 1.96. The largest absolute Gasteiger partial charge is 0.359 e. The van der Waals surface area contributed by atoms with E-state index in [1.54, 1.807) is 49.6 Å². The van der Waals surface area contributed by atoms with Crippen molar-refractivity contribution in [2.45, 2.75) is 13.0 Å². The van der Waals surface area contributed by atoms with Gasteiger partial charge in [0.15, 0.2) is 0 Å². The van der Waals surface area contributed by atoms with Gasteiger partial charge in [-0.3, -0.25) is 14.4 Å². The standard InChI is InChI=1S/C16H17N3O3/c1-17-14(20)10-12-5-7-13(8-6-12)18-15(21)11-19-9-3-2-4-16(19)22/h2-9H,10-11H2,1H3,(H,17,20)(H,18,21). The van der Waals surface area contributed by atoms with E-state index in [0.29, 0.717) is 12.1 Å². The van der Waals surface area contributed by atoms with Gasteiger partial charge in [-0.05, 0) is 23.8 Å². The summed E-state index contributed by atoms with van der Waals surface area (Å²) in [7, 11) is 1.59. The van der Waals surface area contributed by atoms with Crippen LogP contribution in [0.25, 0.3) is 0 Å². The van der Waals surface area contributed by atoms with Crippen LogP contribution in [0.1, 0.15) is 5.56 Å². The Hall–Kier alpha value is -2.89. The van der Waals surface area contributed by atoms with Crippen molar-refractivity contribution in [3.05, 3.63) is 64.6 Å². The number of pyridine rings is 1. The molecule has 6 heteroatoms. The zero-order valence-corrected chi connectivity index (χ0v) is 12.2. The maximum absolute atomic E-state index is 11.9. The highest BCUT2D eigenvalue weighted by Gasteiger charge is 2.05. The number of benzene rings is 1. The van der Waals surface area contributed by atoms with E-state index >= 15 is 0 Å². The first-order valence-electron chi connectivity index (χ1n) is 6.83. The number of nitrogens with zero attached hydrogens (tertiary/aromatic N) is 1. The molecule has 1 heterocycles. The van der Waals surface area contributed by atoms with Crippen LogP contribution in [0.5, 0.6) is 0 Å². The first-order chi connectivity index (χ1) is 10.6. The van der Waals surface area contributed by atoms with Gasteiger partial charge in [-0.15, -0.1) is 0 Å². The van der Waals surface area contributed by atoms with Gasteiger partial charge in [0, 0.05) is 25.0 Å². The fourth-order valence-electron chi connectivity index (χ4n) is 1.93. The SMILES string of the molecule is CNC(=O)Cc1ccc(NC(=O)Cn2ccccc2=O)cc1. The van der Waals surface area contributed by atoms with Crippen molar-refractivity contribution in [2.24, 2.45) is 0 Å². The summed E-state index contributed by atoms with van der Waals surface area (Å²) in [5, 5.41) is 5.26. The van der Waals surface area contributed by atoms with E-state index in [1.807, 2.05) is 0 Å². The minimum atomic E-state index is -0.285. The summed E-state index contributed by atoms with van der Waals surface area (Å²) in [5.41, 5.74) is 1.25. The van der Waals surface area contributed by atoms with Gasteiger partial charge in [-0.2, -0.15) is 0 Å². The fourth-order valence-corrected chi connectivity index (χ4v) is 1.93. The smallest absolute Gasteiger partial charge is 0.250 e. The lowest BCUT2D eigenvalue weighted by atomic mass is 10.1. The Morgan fingerprint density at radius 1 is 1.05 bits per heavy atom. The molecule has 0 spiro atoms. The zero-order chi connectivity index (χ0) is 15.9. The second-order valence-electron chi connectivity index (χ2n) is 4.76. The highest BCUT2D eigenvalue weighted by Crippen LogP contribution is 2.10. The van der Waals surface area contributed by atoms with Gasteiger partial charge in [-0.1, -0.05) is 18.2 Å². The molecule has 0 fully saturated rings. The van der Waals surface area contributed by atoms with Gasteiger partial charge in [0.1, 0.15) is 6.54 Å². The molecule has 0 unspecified atom stereocenters. The lowest BCUT2D eigenvalue weighted by molar-refractivity contribution is -0.120. The van der Waals surface area contributed by atoms with Crippen molar-refractivity contribution in [3.8, 4) is 0 Å². The predicted octanol–water partition coefficient (Wildman–Crippen LogP) is 0.775. The van der Waals surface area contributed by atoms with Crippen molar-refractivity contribution in [3.63, 3.8) is 0 Å². The van der Waals surface area contributed by atoms with Crippen LogP contribution >= 0.6 is 0 Å². The molecule has 2 N–H and O–H groups in total. The Bertz CT molecular complexity index is 720. The van der Waals surface area contributed by atoms with Crippen molar-refractivity contribution >= 4 is 17.5 Å². The quantitative estimate of drug-likeness (QED) is 0.856. The van der Waals surface area contributed by atoms with Gasteiger partial charge >= 0.3 is 0 Å². The number of likely N-dealkylation sites (N-methyl/N-ethyl adjacent to an activating group) is 1. The molecule has 0 saturated carbocycles. The first-order valence-corrected chi connectivity index (χ1v) is 6.83. The van der Waals surface area contributed by atoms with Crippen molar-refractivity contribution in [1.29, 1.82) is 0 Å². The molecule has 6 nitrogen and oxygen atoms in total. The summed E-state index contributed by atoms with van der Waals surface area (Å²) in [5.74, 6) is -0.354. The molecule has 2 aromatic rings. The van der Waals surface area contributed by atoms with Crippen LogP contribution in [0.2, 0.25) is 0 Å². The third kappa shape index (κ3) is 4.31. The Morgan fingerprint density at radius 3 is 2.41 bits per heavy atom. The number of rotatable bonds is 5. The minimum Gasteiger partial charge on any atom is -0.359 e. The second-order valence-corrected chi connectivity index (χ2v) is 4.76. The van der Waals surface area contributed by atoms with Crippen LogP contribution in [0.15, 0.2) is 53.5 Å². The normalized spacial score (nSPS) is 10.0. The Labute approximate surface area is 127 Å². The van der Waals surface area contributed by atoms with E-state index in [2.05, 4.69) is 10.6 Å². The van der Waals surface area contributed by atoms with Crippen LogP contribution in [0.3, 0.4) is 0 Å². The fraction of sp³-hybridized carbons (Fsp3) is 0.188. The molecule has 0 aliphatic rings. The van der Waals surface area contributed by atoms with E-state index in [0.717, 1.165) is 5.56 Å². The number of carbonyl (C=O) groups is 2. The molecule has 0 aliphatic carbocycles. The van der Waals surface area contributed by atoms with Crippen LogP contribution in [0, 0.1) is 0 Å². The lowest BCUT2D eigenvalue weighted by Gasteiger charge is -2.08. The van der Waals surface area contributed by atoms with E-state index in [9.17, 15) is 14.4 Å². The van der Waals surface area contributed by atoms with Gasteiger partial charge in [-0.25, -0.2) is 0 Å². The molecule has 2 rings (SSSR count). The summed E-state index contributed by atoms with van der Waals surface area (Å²) in [6.07, 6.45) is 1.86. The zero-order valence-electron chi connectivity index (χ0n) is 12.2. The summed E-state index contributed by atoms with van der Waals surface area (Å²) < 4.78 is 1.33. The van der Waals surface area contributed by atoms with Crippen molar-refractivity contribution in [2.75, 3.05) is 12.4 Å². The van der Waals surface area contributed by atoms with E-state index in [-0.39, 0.29) is 23.9 Å². The highest BCUT2D eigenvalue weighted by atomic mass is 16.2. The van der Waals surface area contributed by atoms with E-state index < -0.39 is 0 Å². The van der Waals surface area contributed by atoms with E-state index in [4.69, 9.17) is 0 Å². The number of hydrogen-bond donors (Lipinski definition) is 2. The molecule has 0 saturated heterocycles. The molecule has 0 radical (unpaired) electrons. The number of aromatic nitrogens is 1. The highest BCUT2D eigenvalue weighted by molar-refractivity contribution is 5.90. The van der Waals surface area contributed by atoms with Gasteiger partial charge < -0.3 is 15.2 Å². The molecule has 0 bridgehead atoms. The second kappa shape index (κ2) is 7.21. The van der Waals surface area contributed by atoms with Crippen LogP contribution < -0.4 is 16.2 Å². The van der Waals surface area contributed by atoms with Gasteiger partial charge in [0.2, 0.25) is 11.8 Å². The van der Waals surface area contributed by atoms with Gasteiger partial charge in [0.05, 0.1) is 6.42 Å². The summed E-state index contributed by atoms with van der Waals surface area (Å²) >= 11 is 0. The average Bonchev–Trinajstić information content (AvgIpc) is 2.51. The first kappa shape index (κ1) is 15.5. The Kier molecular flexibility index (Phi) is 5.08. The molecule has 2 amide bonds. The van der Waals surface area contributed by atoms with Crippen LogP contribution in [-0.4, -0.2) is 23.4 Å². The maximum atomic E-state index is 11.9. The molecule has 22 heavy (non-hydrogen) atoms. The average molecular weight is 299 g/mol. The number of carbonyl (C=O) groups excluding carboxylic acids is 2. The minimum absolute atomic E-state index is 0.0420. The molecule has 114 valence electrons. The monoisotopic (exact) mass is 299 g/mol.